The van der Waals surface area contributed by atoms with Crippen molar-refractivity contribution in [3.8, 4) is 0 Å². The number of oxazole rings is 1. The summed E-state index contributed by atoms with van der Waals surface area (Å²) in [5.41, 5.74) is 0.300. The smallest absolute Gasteiger partial charge is 0.276 e. The van der Waals surface area contributed by atoms with Crippen LogP contribution in [0.15, 0.2) is 41.1 Å². The fourth-order valence-corrected chi connectivity index (χ4v) is 2.13. The third-order valence-electron chi connectivity index (χ3n) is 3.03. The van der Waals surface area contributed by atoms with Crippen LogP contribution in [0.4, 0.5) is 0 Å². The fraction of sp³-hybridized carbons (Fsp3) is 0.375. The molecule has 0 spiro atoms. The Balaban J connectivity index is 2.24. The van der Waals surface area contributed by atoms with Gasteiger partial charge in [-0.1, -0.05) is 30.3 Å². The van der Waals surface area contributed by atoms with Crippen molar-refractivity contribution in [1.82, 2.24) is 9.88 Å². The molecule has 21 heavy (non-hydrogen) atoms. The largest absolute Gasteiger partial charge is 0.448 e. The van der Waals surface area contributed by atoms with Gasteiger partial charge in [0.05, 0.1) is 5.60 Å². The molecule has 0 aliphatic rings. The quantitative estimate of drug-likeness (QED) is 0.917. The van der Waals surface area contributed by atoms with E-state index < -0.39 is 5.60 Å². The fourth-order valence-electron chi connectivity index (χ4n) is 2.13. The topological polar surface area (TPSA) is 66.6 Å². The van der Waals surface area contributed by atoms with Crippen LogP contribution in [-0.2, 0) is 6.54 Å². The van der Waals surface area contributed by atoms with Gasteiger partial charge in [0.1, 0.15) is 5.76 Å². The molecule has 2 aromatic rings. The molecule has 1 amide bonds. The number of amides is 1. The zero-order valence-corrected chi connectivity index (χ0v) is 12.5. The third kappa shape index (κ3) is 4.16. The first-order valence-corrected chi connectivity index (χ1v) is 6.82. The number of carbonyl (C=O) groups is 1. The van der Waals surface area contributed by atoms with E-state index in [-0.39, 0.29) is 18.1 Å². The highest BCUT2D eigenvalue weighted by Crippen LogP contribution is 2.15. The number of aromatic nitrogens is 1. The van der Waals surface area contributed by atoms with E-state index in [0.29, 0.717) is 12.3 Å². The first-order chi connectivity index (χ1) is 9.87. The lowest BCUT2D eigenvalue weighted by molar-refractivity contribution is 0.0276. The van der Waals surface area contributed by atoms with Crippen LogP contribution >= 0.6 is 0 Å². The van der Waals surface area contributed by atoms with Gasteiger partial charge in [0, 0.05) is 13.1 Å². The number of aryl methyl sites for hydroxylation is 1. The molecule has 1 aromatic carbocycles. The second-order valence-corrected chi connectivity index (χ2v) is 5.72. The molecule has 0 atom stereocenters. The van der Waals surface area contributed by atoms with Gasteiger partial charge in [0.2, 0.25) is 0 Å². The molecule has 1 aromatic heterocycles. The number of aliphatic hydroxyl groups is 1. The van der Waals surface area contributed by atoms with Crippen molar-refractivity contribution in [2.75, 3.05) is 6.54 Å². The van der Waals surface area contributed by atoms with E-state index in [2.05, 4.69) is 4.98 Å². The maximum absolute atomic E-state index is 12.6. The van der Waals surface area contributed by atoms with Crippen LogP contribution in [0.25, 0.3) is 0 Å². The Morgan fingerprint density at radius 1 is 1.33 bits per heavy atom. The highest BCUT2D eigenvalue weighted by Gasteiger charge is 2.26. The van der Waals surface area contributed by atoms with E-state index >= 15 is 0 Å². The summed E-state index contributed by atoms with van der Waals surface area (Å²) >= 11 is 0. The lowest BCUT2D eigenvalue weighted by Gasteiger charge is -2.28. The zero-order valence-electron chi connectivity index (χ0n) is 12.5. The molecule has 0 fully saturated rings. The number of carbonyl (C=O) groups excluding carboxylic acids is 1. The van der Waals surface area contributed by atoms with Crippen LogP contribution in [-0.4, -0.2) is 33.0 Å². The summed E-state index contributed by atoms with van der Waals surface area (Å²) in [4.78, 5) is 18.2. The average molecular weight is 288 g/mol. The minimum Gasteiger partial charge on any atom is -0.448 e. The van der Waals surface area contributed by atoms with Crippen LogP contribution in [0.1, 0.15) is 35.7 Å². The maximum atomic E-state index is 12.6. The Morgan fingerprint density at radius 3 is 2.52 bits per heavy atom. The Hall–Kier alpha value is -2.14. The summed E-state index contributed by atoms with van der Waals surface area (Å²) in [6, 6.07) is 9.65. The summed E-state index contributed by atoms with van der Waals surface area (Å²) in [5.74, 6) is 0.237. The molecule has 0 bridgehead atoms. The lowest BCUT2D eigenvalue weighted by Crippen LogP contribution is -2.42. The monoisotopic (exact) mass is 288 g/mol. The summed E-state index contributed by atoms with van der Waals surface area (Å²) in [5, 5.41) is 10.0. The van der Waals surface area contributed by atoms with Gasteiger partial charge in [-0.25, -0.2) is 4.98 Å². The van der Waals surface area contributed by atoms with Crippen LogP contribution in [0.3, 0.4) is 0 Å². The lowest BCUT2D eigenvalue weighted by atomic mass is 10.1. The van der Waals surface area contributed by atoms with Crippen molar-refractivity contribution in [1.29, 1.82) is 0 Å². The van der Waals surface area contributed by atoms with E-state index in [0.717, 1.165) is 5.56 Å². The SMILES string of the molecule is Cc1ocnc1C(=O)N(Cc1ccccc1)CC(C)(C)O. The summed E-state index contributed by atoms with van der Waals surface area (Å²) in [7, 11) is 0. The minimum atomic E-state index is -0.984. The number of hydrogen-bond acceptors (Lipinski definition) is 4. The van der Waals surface area contributed by atoms with E-state index in [9.17, 15) is 9.90 Å². The molecule has 0 unspecified atom stereocenters. The van der Waals surface area contributed by atoms with Gasteiger partial charge in [-0.05, 0) is 26.3 Å². The van der Waals surface area contributed by atoms with Gasteiger partial charge in [0.25, 0.3) is 5.91 Å². The van der Waals surface area contributed by atoms with Gasteiger partial charge >= 0.3 is 0 Å². The Morgan fingerprint density at radius 2 is 2.00 bits per heavy atom. The molecule has 0 saturated heterocycles. The number of hydrogen-bond donors (Lipinski definition) is 1. The van der Waals surface area contributed by atoms with Crippen molar-refractivity contribution in [2.24, 2.45) is 0 Å². The van der Waals surface area contributed by atoms with Crippen LogP contribution in [0.2, 0.25) is 0 Å². The summed E-state index contributed by atoms with van der Waals surface area (Å²) in [6.07, 6.45) is 1.26. The Labute approximate surface area is 124 Å². The van der Waals surface area contributed by atoms with Crippen LogP contribution < -0.4 is 0 Å². The van der Waals surface area contributed by atoms with Gasteiger partial charge in [-0.3, -0.25) is 4.79 Å². The molecule has 1 heterocycles. The van der Waals surface area contributed by atoms with Crippen molar-refractivity contribution in [3.05, 3.63) is 53.7 Å². The highest BCUT2D eigenvalue weighted by atomic mass is 16.3. The zero-order chi connectivity index (χ0) is 15.5. The molecule has 0 saturated carbocycles. The molecule has 5 heteroatoms. The summed E-state index contributed by atoms with van der Waals surface area (Å²) < 4.78 is 5.10. The molecule has 112 valence electrons. The molecular weight excluding hydrogens is 268 g/mol. The van der Waals surface area contributed by atoms with Gasteiger partial charge in [-0.2, -0.15) is 0 Å². The normalized spacial score (nSPS) is 11.4. The van der Waals surface area contributed by atoms with E-state index in [1.165, 1.54) is 6.39 Å². The Kier molecular flexibility index (Phi) is 4.43. The average Bonchev–Trinajstić information content (AvgIpc) is 2.83. The maximum Gasteiger partial charge on any atom is 0.276 e. The second-order valence-electron chi connectivity index (χ2n) is 5.72. The molecule has 0 radical (unpaired) electrons. The summed E-state index contributed by atoms with van der Waals surface area (Å²) in [6.45, 7) is 5.68. The minimum absolute atomic E-state index is 0.215. The third-order valence-corrected chi connectivity index (χ3v) is 3.03. The molecule has 0 aliphatic heterocycles. The van der Waals surface area contributed by atoms with Crippen molar-refractivity contribution in [3.63, 3.8) is 0 Å². The van der Waals surface area contributed by atoms with Gasteiger partial charge < -0.3 is 14.4 Å². The van der Waals surface area contributed by atoms with Gasteiger partial charge in [0.15, 0.2) is 12.1 Å². The van der Waals surface area contributed by atoms with E-state index in [1.807, 2.05) is 30.3 Å². The van der Waals surface area contributed by atoms with E-state index in [1.54, 1.807) is 25.7 Å². The number of benzene rings is 1. The van der Waals surface area contributed by atoms with E-state index in [4.69, 9.17) is 4.42 Å². The van der Waals surface area contributed by atoms with Crippen molar-refractivity contribution >= 4 is 5.91 Å². The molecule has 0 aliphatic carbocycles. The van der Waals surface area contributed by atoms with Crippen molar-refractivity contribution in [2.45, 2.75) is 32.9 Å². The molecule has 2 rings (SSSR count). The second kappa shape index (κ2) is 6.10. The molecule has 1 N–H and O–H groups in total. The van der Waals surface area contributed by atoms with Crippen LogP contribution in [0, 0.1) is 6.92 Å². The first-order valence-electron chi connectivity index (χ1n) is 6.82. The van der Waals surface area contributed by atoms with Crippen LogP contribution in [0.5, 0.6) is 0 Å². The number of rotatable bonds is 5. The Bertz CT molecular complexity index is 599. The highest BCUT2D eigenvalue weighted by molar-refractivity contribution is 5.93. The van der Waals surface area contributed by atoms with Gasteiger partial charge in [-0.15, -0.1) is 0 Å². The predicted molar refractivity (Wildman–Crippen MR) is 78.7 cm³/mol. The van der Waals surface area contributed by atoms with Crippen molar-refractivity contribution < 1.29 is 14.3 Å². The number of nitrogens with zero attached hydrogens (tertiary/aromatic N) is 2. The first kappa shape index (κ1) is 15.3. The molecular formula is C16H20N2O3. The molecule has 5 nitrogen and oxygen atoms in total. The standard InChI is InChI=1S/C16H20N2O3/c1-12-14(17-11-21-12)15(19)18(10-16(2,3)20)9-13-7-5-4-6-8-13/h4-8,11,20H,9-10H2,1-3H3. The predicted octanol–water partition coefficient (Wildman–Crippen LogP) is 2.40.